The predicted octanol–water partition coefficient (Wildman–Crippen LogP) is 2.07. The minimum absolute atomic E-state index is 0.142. The first-order chi connectivity index (χ1) is 14.5. The number of nitrogens with one attached hydrogen (secondary N) is 2. The molecule has 2 aromatic heterocycles. The Kier molecular flexibility index (Phi) is 5.40. The SMILES string of the molecule is CN(C)CCNC(=O)c1cccc(-c2cnc3c(n2)[nH]c(=O)n3-c2ccccc2)c1. The third kappa shape index (κ3) is 3.99. The van der Waals surface area contributed by atoms with Gasteiger partial charge in [-0.05, 0) is 38.4 Å². The van der Waals surface area contributed by atoms with E-state index >= 15 is 0 Å². The molecule has 0 bridgehead atoms. The Labute approximate surface area is 173 Å². The van der Waals surface area contributed by atoms with Crippen molar-refractivity contribution in [3.8, 4) is 16.9 Å². The number of imidazole rings is 1. The van der Waals surface area contributed by atoms with Gasteiger partial charge in [-0.2, -0.15) is 0 Å². The number of amides is 1. The lowest BCUT2D eigenvalue weighted by molar-refractivity contribution is 0.0951. The zero-order valence-corrected chi connectivity index (χ0v) is 16.8. The highest BCUT2D eigenvalue weighted by Gasteiger charge is 2.13. The Morgan fingerprint density at radius 1 is 1.13 bits per heavy atom. The first-order valence-corrected chi connectivity index (χ1v) is 9.59. The lowest BCUT2D eigenvalue weighted by Gasteiger charge is -2.11. The van der Waals surface area contributed by atoms with Crippen molar-refractivity contribution in [2.45, 2.75) is 0 Å². The molecule has 0 aliphatic rings. The highest BCUT2D eigenvalue weighted by atomic mass is 16.2. The fourth-order valence-electron chi connectivity index (χ4n) is 3.15. The van der Waals surface area contributed by atoms with E-state index in [-0.39, 0.29) is 11.6 Å². The molecule has 0 unspecified atom stereocenters. The zero-order chi connectivity index (χ0) is 21.1. The van der Waals surface area contributed by atoms with E-state index in [0.29, 0.717) is 34.8 Å². The number of carbonyl (C=O) groups is 1. The van der Waals surface area contributed by atoms with Crippen molar-refractivity contribution in [2.24, 2.45) is 0 Å². The second kappa shape index (κ2) is 8.30. The summed E-state index contributed by atoms with van der Waals surface area (Å²) in [7, 11) is 3.91. The lowest BCUT2D eigenvalue weighted by Crippen LogP contribution is -2.31. The van der Waals surface area contributed by atoms with Gasteiger partial charge in [-0.15, -0.1) is 0 Å². The first kappa shape index (κ1) is 19.5. The van der Waals surface area contributed by atoms with Gasteiger partial charge in [0, 0.05) is 24.2 Å². The first-order valence-electron chi connectivity index (χ1n) is 9.59. The number of para-hydroxylation sites is 1. The largest absolute Gasteiger partial charge is 0.351 e. The predicted molar refractivity (Wildman–Crippen MR) is 116 cm³/mol. The number of H-pyrrole nitrogens is 1. The summed E-state index contributed by atoms with van der Waals surface area (Å²) < 4.78 is 1.49. The molecule has 0 saturated carbocycles. The van der Waals surface area contributed by atoms with Crippen molar-refractivity contribution in [1.29, 1.82) is 0 Å². The summed E-state index contributed by atoms with van der Waals surface area (Å²) in [5.74, 6) is -0.142. The van der Waals surface area contributed by atoms with Gasteiger partial charge in [-0.1, -0.05) is 30.3 Å². The number of likely N-dealkylation sites (N-methyl/N-ethyl adjacent to an activating group) is 1. The van der Waals surface area contributed by atoms with Crippen LogP contribution in [0.15, 0.2) is 65.6 Å². The molecular formula is C22H22N6O2. The molecule has 8 heteroatoms. The molecule has 0 aliphatic heterocycles. The minimum Gasteiger partial charge on any atom is -0.351 e. The summed E-state index contributed by atoms with van der Waals surface area (Å²) in [5.41, 5.74) is 3.12. The molecule has 0 radical (unpaired) electrons. The van der Waals surface area contributed by atoms with Crippen molar-refractivity contribution in [1.82, 2.24) is 29.7 Å². The Morgan fingerprint density at radius 2 is 1.93 bits per heavy atom. The van der Waals surface area contributed by atoms with Gasteiger partial charge < -0.3 is 10.2 Å². The van der Waals surface area contributed by atoms with Crippen LogP contribution >= 0.6 is 0 Å². The number of aromatic amines is 1. The summed E-state index contributed by atoms with van der Waals surface area (Å²) in [6.07, 6.45) is 1.61. The van der Waals surface area contributed by atoms with E-state index < -0.39 is 0 Å². The average molecular weight is 402 g/mol. The van der Waals surface area contributed by atoms with E-state index in [1.165, 1.54) is 4.57 Å². The van der Waals surface area contributed by atoms with Gasteiger partial charge in [-0.25, -0.2) is 19.3 Å². The fraction of sp³-hybridized carbons (Fsp3) is 0.182. The molecule has 30 heavy (non-hydrogen) atoms. The van der Waals surface area contributed by atoms with E-state index in [9.17, 15) is 9.59 Å². The van der Waals surface area contributed by atoms with Crippen LogP contribution < -0.4 is 11.0 Å². The molecular weight excluding hydrogens is 380 g/mol. The maximum atomic E-state index is 12.4. The van der Waals surface area contributed by atoms with E-state index in [0.717, 1.165) is 12.1 Å². The molecule has 152 valence electrons. The van der Waals surface area contributed by atoms with Crippen molar-refractivity contribution in [3.63, 3.8) is 0 Å². The number of nitrogens with zero attached hydrogens (tertiary/aromatic N) is 4. The monoisotopic (exact) mass is 402 g/mol. The molecule has 2 N–H and O–H groups in total. The normalized spacial score (nSPS) is 11.2. The van der Waals surface area contributed by atoms with Crippen LogP contribution in [0.25, 0.3) is 28.2 Å². The topological polar surface area (TPSA) is 95.9 Å². The molecule has 0 atom stereocenters. The van der Waals surface area contributed by atoms with Crippen LogP contribution in [-0.2, 0) is 0 Å². The number of carbonyl (C=O) groups excluding carboxylic acids is 1. The van der Waals surface area contributed by atoms with Crippen molar-refractivity contribution in [3.05, 3.63) is 76.8 Å². The molecule has 0 fully saturated rings. The summed E-state index contributed by atoms with van der Waals surface area (Å²) >= 11 is 0. The quantitative estimate of drug-likeness (QED) is 0.515. The van der Waals surface area contributed by atoms with Gasteiger partial charge in [0.15, 0.2) is 11.3 Å². The molecule has 2 aromatic carbocycles. The van der Waals surface area contributed by atoms with Gasteiger partial charge in [0.2, 0.25) is 0 Å². The molecule has 8 nitrogen and oxygen atoms in total. The van der Waals surface area contributed by atoms with Gasteiger partial charge in [0.1, 0.15) is 0 Å². The number of benzene rings is 2. The highest BCUT2D eigenvalue weighted by molar-refractivity contribution is 5.95. The summed E-state index contributed by atoms with van der Waals surface area (Å²) in [4.78, 5) is 38.6. The Morgan fingerprint density at radius 3 is 2.70 bits per heavy atom. The van der Waals surface area contributed by atoms with Crippen LogP contribution in [0.1, 0.15) is 10.4 Å². The van der Waals surface area contributed by atoms with E-state index in [1.807, 2.05) is 55.4 Å². The number of aromatic nitrogens is 4. The summed E-state index contributed by atoms with van der Waals surface area (Å²) in [6.45, 7) is 1.33. The van der Waals surface area contributed by atoms with Crippen LogP contribution in [-0.4, -0.2) is 57.5 Å². The number of hydrogen-bond donors (Lipinski definition) is 2. The summed E-state index contributed by atoms with van der Waals surface area (Å²) in [5, 5.41) is 2.90. The standard InChI is InChI=1S/C22H22N6O2/c1-27(2)12-11-23-21(29)16-8-6-7-15(13-16)18-14-24-20-19(25-18)26-22(30)28(20)17-9-4-3-5-10-17/h3-10,13-14H,11-12H2,1-2H3,(H,23,29)(H,25,26,30). The Hall–Kier alpha value is -3.78. The summed E-state index contributed by atoms with van der Waals surface area (Å²) in [6, 6.07) is 16.5. The van der Waals surface area contributed by atoms with E-state index in [4.69, 9.17) is 0 Å². The highest BCUT2D eigenvalue weighted by Crippen LogP contribution is 2.20. The molecule has 4 rings (SSSR count). The van der Waals surface area contributed by atoms with Gasteiger partial charge in [0.05, 0.1) is 17.6 Å². The van der Waals surface area contributed by atoms with Crippen LogP contribution in [0.2, 0.25) is 0 Å². The van der Waals surface area contributed by atoms with Crippen LogP contribution in [0, 0.1) is 0 Å². The van der Waals surface area contributed by atoms with E-state index in [1.54, 1.807) is 24.4 Å². The van der Waals surface area contributed by atoms with E-state index in [2.05, 4.69) is 20.3 Å². The zero-order valence-electron chi connectivity index (χ0n) is 16.8. The average Bonchev–Trinajstić information content (AvgIpc) is 3.09. The van der Waals surface area contributed by atoms with Crippen molar-refractivity contribution < 1.29 is 4.79 Å². The van der Waals surface area contributed by atoms with Gasteiger partial charge >= 0.3 is 5.69 Å². The van der Waals surface area contributed by atoms with Crippen LogP contribution in [0.4, 0.5) is 0 Å². The molecule has 0 aliphatic carbocycles. The van der Waals surface area contributed by atoms with Crippen LogP contribution in [0.5, 0.6) is 0 Å². The molecule has 0 saturated heterocycles. The molecule has 0 spiro atoms. The third-order valence-electron chi connectivity index (χ3n) is 4.67. The number of fused-ring (bicyclic) bond motifs is 1. The Balaban J connectivity index is 1.64. The lowest BCUT2D eigenvalue weighted by atomic mass is 10.1. The second-order valence-corrected chi connectivity index (χ2v) is 7.17. The number of rotatable bonds is 6. The maximum Gasteiger partial charge on any atom is 0.333 e. The molecule has 2 heterocycles. The minimum atomic E-state index is -0.303. The van der Waals surface area contributed by atoms with Crippen LogP contribution in [0.3, 0.4) is 0 Å². The maximum absolute atomic E-state index is 12.4. The molecule has 4 aromatic rings. The third-order valence-corrected chi connectivity index (χ3v) is 4.67. The van der Waals surface area contributed by atoms with Crippen molar-refractivity contribution >= 4 is 17.2 Å². The van der Waals surface area contributed by atoms with Gasteiger partial charge in [-0.3, -0.25) is 9.78 Å². The number of hydrogen-bond acceptors (Lipinski definition) is 5. The Bertz CT molecular complexity index is 1240. The molecule has 1 amide bonds. The van der Waals surface area contributed by atoms with Crippen molar-refractivity contribution in [2.75, 3.05) is 27.2 Å². The van der Waals surface area contributed by atoms with Gasteiger partial charge in [0.25, 0.3) is 5.91 Å². The fourth-order valence-corrected chi connectivity index (χ4v) is 3.15. The second-order valence-electron chi connectivity index (χ2n) is 7.17. The smallest absolute Gasteiger partial charge is 0.333 e.